The van der Waals surface area contributed by atoms with E-state index in [1.165, 1.54) is 34.1 Å². The van der Waals surface area contributed by atoms with Gasteiger partial charge >= 0.3 is 0 Å². The van der Waals surface area contributed by atoms with E-state index in [2.05, 4.69) is 22.3 Å². The molecule has 0 amide bonds. The molecule has 1 aromatic heterocycles. The van der Waals surface area contributed by atoms with E-state index >= 15 is 0 Å². The van der Waals surface area contributed by atoms with Crippen molar-refractivity contribution in [2.45, 2.75) is 24.8 Å². The molecule has 9 heteroatoms. The van der Waals surface area contributed by atoms with Crippen LogP contribution in [0.4, 0.5) is 15.9 Å². The van der Waals surface area contributed by atoms with Crippen LogP contribution in [0, 0.1) is 12.7 Å². The zero-order chi connectivity index (χ0) is 25.3. The van der Waals surface area contributed by atoms with Gasteiger partial charge in [-0.15, -0.1) is 0 Å². The number of sulfonamides is 1. The van der Waals surface area contributed by atoms with Crippen molar-refractivity contribution >= 4 is 32.4 Å². The predicted octanol–water partition coefficient (Wildman–Crippen LogP) is 4.89. The summed E-state index contributed by atoms with van der Waals surface area (Å²) >= 11 is 0. The molecule has 2 heterocycles. The summed E-state index contributed by atoms with van der Waals surface area (Å²) in [6, 6.07) is 20.9. The summed E-state index contributed by atoms with van der Waals surface area (Å²) in [5.41, 5.74) is 2.98. The van der Waals surface area contributed by atoms with Gasteiger partial charge in [0.05, 0.1) is 16.5 Å². The number of anilines is 2. The van der Waals surface area contributed by atoms with Crippen LogP contribution in [0.25, 0.3) is 10.9 Å². The van der Waals surface area contributed by atoms with Gasteiger partial charge < -0.3 is 5.32 Å². The maximum atomic E-state index is 13.3. The minimum atomic E-state index is -3.67. The Morgan fingerprint density at radius 3 is 2.25 bits per heavy atom. The smallest absolute Gasteiger partial charge is 0.243 e. The molecule has 4 aromatic rings. The molecule has 0 aliphatic carbocycles. The Balaban J connectivity index is 1.35. The molecule has 186 valence electrons. The Bertz CT molecular complexity index is 1470. The van der Waals surface area contributed by atoms with E-state index in [0.29, 0.717) is 32.0 Å². The summed E-state index contributed by atoms with van der Waals surface area (Å²) in [6.45, 7) is 5.85. The molecule has 1 aliphatic rings. The second-order valence-electron chi connectivity index (χ2n) is 9.01. The highest BCUT2D eigenvalue weighted by Crippen LogP contribution is 2.28. The molecule has 1 aliphatic heterocycles. The Morgan fingerprint density at radius 1 is 0.889 bits per heavy atom. The standard InChI is InChI=1S/C27H28FN5O2S/c1-19-7-11-22(12-8-19)29-27-24-5-3-4-6-25(24)30-26(31-27)20(2)32-15-17-33(18-16-32)36(34,35)23-13-9-21(28)10-14-23/h3-14,20H,15-18H2,1-2H3,(H,29,30,31). The topological polar surface area (TPSA) is 78.4 Å². The number of piperazine rings is 1. The number of fused-ring (bicyclic) bond motifs is 1. The minimum Gasteiger partial charge on any atom is -0.340 e. The fourth-order valence-electron chi connectivity index (χ4n) is 4.40. The molecule has 0 bridgehead atoms. The number of hydrogen-bond acceptors (Lipinski definition) is 6. The lowest BCUT2D eigenvalue weighted by molar-refractivity contribution is 0.141. The molecule has 1 unspecified atom stereocenters. The molecule has 1 atom stereocenters. The number of nitrogens with zero attached hydrogens (tertiary/aromatic N) is 4. The number of aryl methyl sites for hydroxylation is 1. The van der Waals surface area contributed by atoms with Gasteiger partial charge in [-0.25, -0.2) is 22.8 Å². The first-order chi connectivity index (χ1) is 17.3. The lowest BCUT2D eigenvalue weighted by Crippen LogP contribution is -2.49. The summed E-state index contributed by atoms with van der Waals surface area (Å²) < 4.78 is 40.7. The van der Waals surface area contributed by atoms with Gasteiger partial charge in [-0.3, -0.25) is 4.90 Å². The van der Waals surface area contributed by atoms with Crippen LogP contribution in [0.15, 0.2) is 77.7 Å². The Morgan fingerprint density at radius 2 is 1.56 bits per heavy atom. The van der Waals surface area contributed by atoms with Crippen molar-refractivity contribution in [2.24, 2.45) is 0 Å². The van der Waals surface area contributed by atoms with Gasteiger partial charge in [0.1, 0.15) is 17.5 Å². The third-order valence-corrected chi connectivity index (χ3v) is 8.49. The van der Waals surface area contributed by atoms with Crippen LogP contribution in [0.2, 0.25) is 0 Å². The van der Waals surface area contributed by atoms with Gasteiger partial charge in [-0.2, -0.15) is 4.31 Å². The van der Waals surface area contributed by atoms with Crippen LogP contribution >= 0.6 is 0 Å². The first kappa shape index (κ1) is 24.3. The molecule has 5 rings (SSSR count). The average molecular weight is 506 g/mol. The number of benzene rings is 3. The van der Waals surface area contributed by atoms with Gasteiger partial charge in [0.25, 0.3) is 0 Å². The fraction of sp³-hybridized carbons (Fsp3) is 0.259. The predicted molar refractivity (Wildman–Crippen MR) is 139 cm³/mol. The number of nitrogens with one attached hydrogen (secondary N) is 1. The lowest BCUT2D eigenvalue weighted by atomic mass is 10.2. The van der Waals surface area contributed by atoms with Crippen LogP contribution in [-0.4, -0.2) is 53.8 Å². The lowest BCUT2D eigenvalue weighted by Gasteiger charge is -2.36. The summed E-state index contributed by atoms with van der Waals surface area (Å²) in [6.07, 6.45) is 0. The van der Waals surface area contributed by atoms with Crippen molar-refractivity contribution in [2.75, 3.05) is 31.5 Å². The van der Waals surface area contributed by atoms with Crippen molar-refractivity contribution in [3.8, 4) is 0 Å². The minimum absolute atomic E-state index is 0.107. The molecular formula is C27H28FN5O2S. The monoisotopic (exact) mass is 505 g/mol. The van der Waals surface area contributed by atoms with E-state index in [1.54, 1.807) is 0 Å². The number of halogens is 1. The molecule has 36 heavy (non-hydrogen) atoms. The summed E-state index contributed by atoms with van der Waals surface area (Å²) in [4.78, 5) is 12.0. The van der Waals surface area contributed by atoms with E-state index in [1.807, 2.05) is 50.2 Å². The van der Waals surface area contributed by atoms with Crippen LogP contribution < -0.4 is 5.32 Å². The highest BCUT2D eigenvalue weighted by Gasteiger charge is 2.31. The maximum Gasteiger partial charge on any atom is 0.243 e. The third-order valence-electron chi connectivity index (χ3n) is 6.58. The van der Waals surface area contributed by atoms with Crippen molar-refractivity contribution < 1.29 is 12.8 Å². The van der Waals surface area contributed by atoms with Crippen molar-refractivity contribution in [1.29, 1.82) is 0 Å². The second-order valence-corrected chi connectivity index (χ2v) is 10.9. The largest absolute Gasteiger partial charge is 0.340 e. The Labute approximate surface area is 210 Å². The third kappa shape index (κ3) is 4.95. The number of hydrogen-bond donors (Lipinski definition) is 1. The Kier molecular flexibility index (Phi) is 6.70. The van der Waals surface area contributed by atoms with Crippen LogP contribution in [-0.2, 0) is 10.0 Å². The van der Waals surface area contributed by atoms with Gasteiger partial charge in [-0.05, 0) is 62.4 Å². The molecule has 0 radical (unpaired) electrons. The van der Waals surface area contributed by atoms with Gasteiger partial charge in [0.2, 0.25) is 10.0 Å². The van der Waals surface area contributed by atoms with E-state index in [-0.39, 0.29) is 10.9 Å². The normalized spacial score (nSPS) is 16.2. The first-order valence-corrected chi connectivity index (χ1v) is 13.4. The van der Waals surface area contributed by atoms with Crippen molar-refractivity contribution in [3.05, 3.63) is 90.0 Å². The number of rotatable bonds is 6. The van der Waals surface area contributed by atoms with Crippen LogP contribution in [0.3, 0.4) is 0 Å². The Hall–Kier alpha value is -3.40. The van der Waals surface area contributed by atoms with Crippen molar-refractivity contribution in [3.63, 3.8) is 0 Å². The zero-order valence-electron chi connectivity index (χ0n) is 20.2. The van der Waals surface area contributed by atoms with Crippen LogP contribution in [0.1, 0.15) is 24.4 Å². The molecule has 0 saturated carbocycles. The van der Waals surface area contributed by atoms with Gasteiger partial charge in [0.15, 0.2) is 0 Å². The highest BCUT2D eigenvalue weighted by molar-refractivity contribution is 7.89. The molecule has 1 N–H and O–H groups in total. The first-order valence-electron chi connectivity index (χ1n) is 11.9. The molecule has 3 aromatic carbocycles. The van der Waals surface area contributed by atoms with Gasteiger partial charge in [-0.1, -0.05) is 29.8 Å². The number of para-hydroxylation sites is 1. The molecular weight excluding hydrogens is 477 g/mol. The summed E-state index contributed by atoms with van der Waals surface area (Å²) in [5.74, 6) is 0.959. The number of aromatic nitrogens is 2. The summed E-state index contributed by atoms with van der Waals surface area (Å²) in [5, 5.41) is 4.37. The molecule has 7 nitrogen and oxygen atoms in total. The summed E-state index contributed by atoms with van der Waals surface area (Å²) in [7, 11) is -3.67. The SMILES string of the molecule is Cc1ccc(Nc2nc(C(C)N3CCN(S(=O)(=O)c4ccc(F)cc4)CC3)nc3ccccc23)cc1. The molecule has 0 spiro atoms. The van der Waals surface area contributed by atoms with Crippen molar-refractivity contribution in [1.82, 2.24) is 19.2 Å². The zero-order valence-corrected chi connectivity index (χ0v) is 21.0. The van der Waals surface area contributed by atoms with E-state index in [9.17, 15) is 12.8 Å². The van der Waals surface area contributed by atoms with Crippen LogP contribution in [0.5, 0.6) is 0 Å². The second kappa shape index (κ2) is 9.93. The van der Waals surface area contributed by atoms with E-state index in [0.717, 1.165) is 22.4 Å². The fourth-order valence-corrected chi connectivity index (χ4v) is 5.82. The van der Waals surface area contributed by atoms with E-state index < -0.39 is 15.8 Å². The van der Waals surface area contributed by atoms with E-state index in [4.69, 9.17) is 9.97 Å². The highest BCUT2D eigenvalue weighted by atomic mass is 32.2. The quantitative estimate of drug-likeness (QED) is 0.402. The molecule has 1 saturated heterocycles. The van der Waals surface area contributed by atoms with Gasteiger partial charge in [0, 0.05) is 37.3 Å². The average Bonchev–Trinajstić information content (AvgIpc) is 2.90. The maximum absolute atomic E-state index is 13.3. The molecule has 1 fully saturated rings.